The van der Waals surface area contributed by atoms with E-state index >= 15 is 0 Å². The fourth-order valence-electron chi connectivity index (χ4n) is 1.91. The lowest BCUT2D eigenvalue weighted by Gasteiger charge is -2.07. The van der Waals surface area contributed by atoms with Gasteiger partial charge in [0.15, 0.2) is 0 Å². The first kappa shape index (κ1) is 12.4. The monoisotopic (exact) mass is 290 g/mol. The molecule has 0 spiro atoms. The molecule has 2 heterocycles. The summed E-state index contributed by atoms with van der Waals surface area (Å²) in [7, 11) is 0. The van der Waals surface area contributed by atoms with Crippen LogP contribution >= 0.6 is 22.9 Å². The van der Waals surface area contributed by atoms with Gasteiger partial charge in [0.05, 0.1) is 16.8 Å². The summed E-state index contributed by atoms with van der Waals surface area (Å²) < 4.78 is 6.56. The maximum absolute atomic E-state index is 6.09. The van der Waals surface area contributed by atoms with Crippen molar-refractivity contribution >= 4 is 33.2 Å². The molecular formula is C14H11ClN2OS. The minimum atomic E-state index is 0.496. The normalized spacial score (nSPS) is 10.8. The van der Waals surface area contributed by atoms with E-state index in [9.17, 15) is 0 Å². The number of hydrogen-bond acceptors (Lipinski definition) is 4. The summed E-state index contributed by atoms with van der Waals surface area (Å²) in [6, 6.07) is 9.99. The molecule has 3 aromatic rings. The average Bonchev–Trinajstić information content (AvgIpc) is 2.85. The molecule has 0 aliphatic rings. The highest BCUT2D eigenvalue weighted by Gasteiger charge is 2.12. The molecule has 0 amide bonds. The zero-order chi connectivity index (χ0) is 13.2. The van der Waals surface area contributed by atoms with Crippen LogP contribution in [0.15, 0.2) is 36.7 Å². The Kier molecular flexibility index (Phi) is 3.36. The third-order valence-corrected chi connectivity index (χ3v) is 4.28. The first-order chi connectivity index (χ1) is 9.29. The zero-order valence-corrected chi connectivity index (χ0v) is 11.8. The van der Waals surface area contributed by atoms with Crippen molar-refractivity contribution in [1.29, 1.82) is 0 Å². The number of halogens is 1. The van der Waals surface area contributed by atoms with Gasteiger partial charge in [0.1, 0.15) is 17.2 Å². The highest BCUT2D eigenvalue weighted by molar-refractivity contribution is 7.22. The number of aromatic nitrogens is 2. The van der Waals surface area contributed by atoms with E-state index in [1.54, 1.807) is 11.3 Å². The quantitative estimate of drug-likeness (QED) is 0.670. The molecular weight excluding hydrogens is 280 g/mol. The van der Waals surface area contributed by atoms with Crippen LogP contribution in [0.25, 0.3) is 20.7 Å². The average molecular weight is 291 g/mol. The maximum Gasteiger partial charge on any atom is 0.150 e. The van der Waals surface area contributed by atoms with E-state index in [1.165, 1.54) is 6.33 Å². The van der Waals surface area contributed by atoms with E-state index in [4.69, 9.17) is 16.3 Å². The van der Waals surface area contributed by atoms with Crippen molar-refractivity contribution in [2.75, 3.05) is 6.61 Å². The molecule has 0 aliphatic carbocycles. The molecule has 3 rings (SSSR count). The Morgan fingerprint density at radius 1 is 1.26 bits per heavy atom. The molecule has 0 bridgehead atoms. The number of fused-ring (bicyclic) bond motifs is 1. The first-order valence-corrected chi connectivity index (χ1v) is 7.11. The van der Waals surface area contributed by atoms with Gasteiger partial charge in [0.2, 0.25) is 0 Å². The number of benzene rings is 1. The van der Waals surface area contributed by atoms with Gasteiger partial charge in [0.25, 0.3) is 0 Å². The standard InChI is InChI=1S/C14H11ClN2OS/c1-2-18-11-6-4-3-5-9(11)12-7-10-13(19-12)14(15)17-8-16-10/h3-8H,2H2,1H3. The summed E-state index contributed by atoms with van der Waals surface area (Å²) in [6.45, 7) is 2.62. The molecule has 3 nitrogen and oxygen atoms in total. The summed E-state index contributed by atoms with van der Waals surface area (Å²) in [5, 5.41) is 0.496. The second kappa shape index (κ2) is 5.15. The summed E-state index contributed by atoms with van der Waals surface area (Å²) in [6.07, 6.45) is 1.48. The minimum Gasteiger partial charge on any atom is -0.493 e. The molecule has 19 heavy (non-hydrogen) atoms. The summed E-state index contributed by atoms with van der Waals surface area (Å²) in [5.41, 5.74) is 1.93. The molecule has 5 heteroatoms. The largest absolute Gasteiger partial charge is 0.493 e. The Balaban J connectivity index is 2.17. The fraction of sp³-hybridized carbons (Fsp3) is 0.143. The third kappa shape index (κ3) is 2.29. The molecule has 96 valence electrons. The van der Waals surface area contributed by atoms with Crippen molar-refractivity contribution in [3.8, 4) is 16.2 Å². The Labute approximate surface area is 119 Å². The van der Waals surface area contributed by atoms with Crippen LogP contribution in [0.2, 0.25) is 5.15 Å². The first-order valence-electron chi connectivity index (χ1n) is 5.92. The second-order valence-electron chi connectivity index (χ2n) is 3.92. The van der Waals surface area contributed by atoms with Crippen LogP contribution in [0.1, 0.15) is 6.92 Å². The van der Waals surface area contributed by atoms with Crippen molar-refractivity contribution in [2.45, 2.75) is 6.92 Å². The molecule has 0 saturated heterocycles. The van der Waals surface area contributed by atoms with Crippen molar-refractivity contribution in [3.63, 3.8) is 0 Å². The molecule has 0 fully saturated rings. The van der Waals surface area contributed by atoms with Crippen molar-refractivity contribution in [1.82, 2.24) is 9.97 Å². The van der Waals surface area contributed by atoms with E-state index in [0.29, 0.717) is 11.8 Å². The molecule has 1 aromatic carbocycles. The number of nitrogens with zero attached hydrogens (tertiary/aromatic N) is 2. The van der Waals surface area contributed by atoms with Gasteiger partial charge in [-0.25, -0.2) is 9.97 Å². The number of rotatable bonds is 3. The molecule has 0 saturated carbocycles. The summed E-state index contributed by atoms with van der Waals surface area (Å²) in [5.74, 6) is 0.876. The predicted octanol–water partition coefficient (Wildman–Crippen LogP) is 4.41. The van der Waals surface area contributed by atoms with Crippen LogP contribution in [0.5, 0.6) is 5.75 Å². The molecule has 0 radical (unpaired) electrons. The van der Waals surface area contributed by atoms with Gasteiger partial charge in [-0.1, -0.05) is 23.7 Å². The maximum atomic E-state index is 6.09. The molecule has 0 aliphatic heterocycles. The van der Waals surface area contributed by atoms with Crippen LogP contribution in [-0.2, 0) is 0 Å². The van der Waals surface area contributed by atoms with E-state index in [1.807, 2.05) is 37.3 Å². The fourth-order valence-corrected chi connectivity index (χ4v) is 3.19. The smallest absolute Gasteiger partial charge is 0.150 e. The van der Waals surface area contributed by atoms with Crippen LogP contribution < -0.4 is 4.74 Å². The van der Waals surface area contributed by atoms with Crippen LogP contribution in [0, 0.1) is 0 Å². The van der Waals surface area contributed by atoms with E-state index < -0.39 is 0 Å². The van der Waals surface area contributed by atoms with Crippen LogP contribution in [-0.4, -0.2) is 16.6 Å². The zero-order valence-electron chi connectivity index (χ0n) is 10.3. The highest BCUT2D eigenvalue weighted by atomic mass is 35.5. The van der Waals surface area contributed by atoms with E-state index in [-0.39, 0.29) is 0 Å². The number of thiophene rings is 1. The lowest BCUT2D eigenvalue weighted by molar-refractivity contribution is 0.341. The molecule has 2 aromatic heterocycles. The van der Waals surface area contributed by atoms with Gasteiger partial charge in [-0.15, -0.1) is 11.3 Å². The summed E-state index contributed by atoms with van der Waals surface area (Å²) in [4.78, 5) is 9.33. The van der Waals surface area contributed by atoms with Gasteiger partial charge >= 0.3 is 0 Å². The third-order valence-electron chi connectivity index (χ3n) is 2.72. The Bertz CT molecular complexity index is 726. The minimum absolute atomic E-state index is 0.496. The van der Waals surface area contributed by atoms with Crippen molar-refractivity contribution in [3.05, 3.63) is 41.8 Å². The number of ether oxygens (including phenoxy) is 1. The van der Waals surface area contributed by atoms with E-state index in [0.717, 1.165) is 26.4 Å². The Morgan fingerprint density at radius 2 is 2.11 bits per heavy atom. The molecule has 0 atom stereocenters. The number of para-hydroxylation sites is 1. The number of hydrogen-bond donors (Lipinski definition) is 0. The SMILES string of the molecule is CCOc1ccccc1-c1cc2ncnc(Cl)c2s1. The van der Waals surface area contributed by atoms with Gasteiger partial charge in [-0.05, 0) is 25.1 Å². The van der Waals surface area contributed by atoms with Gasteiger partial charge < -0.3 is 4.74 Å². The highest BCUT2D eigenvalue weighted by Crippen LogP contribution is 2.39. The summed E-state index contributed by atoms with van der Waals surface area (Å²) >= 11 is 7.67. The molecule has 0 N–H and O–H groups in total. The molecule has 0 unspecified atom stereocenters. The Hall–Kier alpha value is -1.65. The van der Waals surface area contributed by atoms with E-state index in [2.05, 4.69) is 9.97 Å². The lowest BCUT2D eigenvalue weighted by Crippen LogP contribution is -1.92. The van der Waals surface area contributed by atoms with Crippen LogP contribution in [0.3, 0.4) is 0 Å². The van der Waals surface area contributed by atoms with Crippen LogP contribution in [0.4, 0.5) is 0 Å². The van der Waals surface area contributed by atoms with Gasteiger partial charge in [-0.3, -0.25) is 0 Å². The second-order valence-corrected chi connectivity index (χ2v) is 5.33. The van der Waals surface area contributed by atoms with Gasteiger partial charge in [-0.2, -0.15) is 0 Å². The Morgan fingerprint density at radius 3 is 2.89 bits per heavy atom. The van der Waals surface area contributed by atoms with Crippen molar-refractivity contribution < 1.29 is 4.74 Å². The van der Waals surface area contributed by atoms with Gasteiger partial charge in [0, 0.05) is 10.4 Å². The topological polar surface area (TPSA) is 35.0 Å². The lowest BCUT2D eigenvalue weighted by atomic mass is 10.1. The predicted molar refractivity (Wildman–Crippen MR) is 79.0 cm³/mol. The van der Waals surface area contributed by atoms with Crippen molar-refractivity contribution in [2.24, 2.45) is 0 Å².